The van der Waals surface area contributed by atoms with E-state index in [1.54, 1.807) is 0 Å². The maximum Gasteiger partial charge on any atom is 0.101 e. The summed E-state index contributed by atoms with van der Waals surface area (Å²) in [5, 5.41) is 9.29. The lowest BCUT2D eigenvalue weighted by atomic mass is 9.98. The maximum atomic E-state index is 9.29. The Hall–Kier alpha value is -1.53. The number of anilines is 1. The Morgan fingerprint density at radius 3 is 2.95 bits per heavy atom. The average Bonchev–Trinajstić information content (AvgIpc) is 2.46. The smallest absolute Gasteiger partial charge is 0.101 e. The molecule has 2 heterocycles. The summed E-state index contributed by atoms with van der Waals surface area (Å²) in [5.74, 6) is 0. The summed E-state index contributed by atoms with van der Waals surface area (Å²) in [7, 11) is 0. The molecule has 1 aromatic rings. The topological polar surface area (TPSA) is 30.3 Å². The van der Waals surface area contributed by atoms with Crippen molar-refractivity contribution >= 4 is 5.69 Å². The normalized spacial score (nSPS) is 23.8. The molecule has 2 fully saturated rings. The van der Waals surface area contributed by atoms with Gasteiger partial charge in [0.2, 0.25) is 0 Å². The fraction of sp³-hybridized carbons (Fsp3) is 0.562. The van der Waals surface area contributed by atoms with E-state index in [0.29, 0.717) is 6.04 Å². The lowest BCUT2D eigenvalue weighted by Crippen LogP contribution is -2.55. The zero-order valence-corrected chi connectivity index (χ0v) is 11.6. The minimum absolute atomic E-state index is 0.689. The first kappa shape index (κ1) is 12.5. The van der Waals surface area contributed by atoms with Crippen molar-refractivity contribution in [3.05, 3.63) is 29.3 Å². The Labute approximate surface area is 115 Å². The van der Waals surface area contributed by atoms with Crippen molar-refractivity contribution in [2.45, 2.75) is 32.2 Å². The van der Waals surface area contributed by atoms with Crippen LogP contribution in [-0.2, 0) is 0 Å². The van der Waals surface area contributed by atoms with Gasteiger partial charge < -0.3 is 4.90 Å². The van der Waals surface area contributed by atoms with Crippen LogP contribution < -0.4 is 4.90 Å². The summed E-state index contributed by atoms with van der Waals surface area (Å²) in [6.45, 7) is 6.63. The Bertz CT molecular complexity index is 503. The van der Waals surface area contributed by atoms with Crippen LogP contribution in [0.5, 0.6) is 0 Å². The quantitative estimate of drug-likeness (QED) is 0.772. The highest BCUT2D eigenvalue weighted by molar-refractivity contribution is 5.61. The summed E-state index contributed by atoms with van der Waals surface area (Å²) in [6.07, 6.45) is 4.02. The number of piperazine rings is 1. The summed E-state index contributed by atoms with van der Waals surface area (Å²) in [6, 6.07) is 9.17. The van der Waals surface area contributed by atoms with E-state index in [0.717, 1.165) is 30.9 Å². The standard InChI is InChI=1S/C16H21N3/c1-13-5-6-14(11-17)16(10-13)19-9-8-18-7-3-2-4-15(18)12-19/h5-6,10,15H,2-4,7-9,12H2,1H3. The van der Waals surface area contributed by atoms with Crippen LogP contribution >= 0.6 is 0 Å². The van der Waals surface area contributed by atoms with Gasteiger partial charge in [-0.05, 0) is 44.0 Å². The molecule has 0 aliphatic carbocycles. The van der Waals surface area contributed by atoms with Crippen molar-refractivity contribution in [2.75, 3.05) is 31.1 Å². The van der Waals surface area contributed by atoms with E-state index >= 15 is 0 Å². The van der Waals surface area contributed by atoms with Crippen LogP contribution in [0.25, 0.3) is 0 Å². The molecule has 2 aliphatic rings. The van der Waals surface area contributed by atoms with Crippen molar-refractivity contribution < 1.29 is 0 Å². The SMILES string of the molecule is Cc1ccc(C#N)c(N2CCN3CCCCC3C2)c1. The highest BCUT2D eigenvalue weighted by Gasteiger charge is 2.29. The maximum absolute atomic E-state index is 9.29. The Kier molecular flexibility index (Phi) is 3.44. The number of benzene rings is 1. The summed E-state index contributed by atoms with van der Waals surface area (Å²) < 4.78 is 0. The van der Waals surface area contributed by atoms with E-state index in [1.165, 1.54) is 31.4 Å². The second-order valence-electron chi connectivity index (χ2n) is 5.76. The second-order valence-corrected chi connectivity index (χ2v) is 5.76. The van der Waals surface area contributed by atoms with Crippen molar-refractivity contribution in [3.63, 3.8) is 0 Å². The molecule has 3 heteroatoms. The van der Waals surface area contributed by atoms with Gasteiger partial charge in [-0.15, -0.1) is 0 Å². The van der Waals surface area contributed by atoms with Gasteiger partial charge in [0.15, 0.2) is 0 Å². The number of nitriles is 1. The van der Waals surface area contributed by atoms with Gasteiger partial charge >= 0.3 is 0 Å². The molecular formula is C16H21N3. The van der Waals surface area contributed by atoms with Gasteiger partial charge in [-0.1, -0.05) is 12.5 Å². The molecule has 100 valence electrons. The molecule has 0 aromatic heterocycles. The molecule has 1 aromatic carbocycles. The monoisotopic (exact) mass is 255 g/mol. The largest absolute Gasteiger partial charge is 0.368 e. The number of fused-ring (bicyclic) bond motifs is 1. The minimum Gasteiger partial charge on any atom is -0.368 e. The molecule has 0 saturated carbocycles. The van der Waals surface area contributed by atoms with Crippen molar-refractivity contribution in [1.29, 1.82) is 5.26 Å². The molecule has 3 rings (SSSR count). The van der Waals surface area contributed by atoms with E-state index in [1.807, 2.05) is 12.1 Å². The van der Waals surface area contributed by atoms with E-state index in [4.69, 9.17) is 0 Å². The molecule has 1 unspecified atom stereocenters. The minimum atomic E-state index is 0.689. The molecular weight excluding hydrogens is 234 g/mol. The Balaban J connectivity index is 1.83. The molecule has 1 atom stereocenters. The molecule has 2 aliphatic heterocycles. The number of hydrogen-bond acceptors (Lipinski definition) is 3. The number of nitrogens with zero attached hydrogens (tertiary/aromatic N) is 3. The molecule has 0 bridgehead atoms. The van der Waals surface area contributed by atoms with E-state index in [-0.39, 0.29) is 0 Å². The van der Waals surface area contributed by atoms with Gasteiger partial charge in [-0.3, -0.25) is 4.90 Å². The Morgan fingerprint density at radius 2 is 2.11 bits per heavy atom. The van der Waals surface area contributed by atoms with Crippen molar-refractivity contribution in [2.24, 2.45) is 0 Å². The molecule has 2 saturated heterocycles. The molecule has 0 radical (unpaired) electrons. The zero-order valence-electron chi connectivity index (χ0n) is 11.6. The number of rotatable bonds is 1. The molecule has 3 nitrogen and oxygen atoms in total. The lowest BCUT2D eigenvalue weighted by Gasteiger charge is -2.45. The first-order valence-corrected chi connectivity index (χ1v) is 7.27. The van der Waals surface area contributed by atoms with E-state index in [2.05, 4.69) is 28.9 Å². The number of hydrogen-bond donors (Lipinski definition) is 0. The van der Waals surface area contributed by atoms with E-state index < -0.39 is 0 Å². The molecule has 0 spiro atoms. The van der Waals surface area contributed by atoms with Crippen LogP contribution in [0.3, 0.4) is 0 Å². The van der Waals surface area contributed by atoms with Gasteiger partial charge in [-0.2, -0.15) is 5.26 Å². The molecule has 0 N–H and O–H groups in total. The van der Waals surface area contributed by atoms with Crippen LogP contribution in [0.4, 0.5) is 5.69 Å². The Morgan fingerprint density at radius 1 is 1.21 bits per heavy atom. The fourth-order valence-corrected chi connectivity index (χ4v) is 3.37. The lowest BCUT2D eigenvalue weighted by molar-refractivity contribution is 0.133. The summed E-state index contributed by atoms with van der Waals surface area (Å²) in [4.78, 5) is 5.04. The zero-order chi connectivity index (χ0) is 13.2. The highest BCUT2D eigenvalue weighted by Crippen LogP contribution is 2.27. The average molecular weight is 255 g/mol. The predicted molar refractivity (Wildman–Crippen MR) is 77.3 cm³/mol. The highest BCUT2D eigenvalue weighted by atomic mass is 15.3. The van der Waals surface area contributed by atoms with Crippen LogP contribution in [0.15, 0.2) is 18.2 Å². The number of aryl methyl sites for hydroxylation is 1. The van der Waals surface area contributed by atoms with Gasteiger partial charge in [0.05, 0.1) is 11.3 Å². The first-order chi connectivity index (χ1) is 9.28. The van der Waals surface area contributed by atoms with Gasteiger partial charge in [0.1, 0.15) is 6.07 Å². The summed E-state index contributed by atoms with van der Waals surface area (Å²) >= 11 is 0. The van der Waals surface area contributed by atoms with Crippen LogP contribution in [0.1, 0.15) is 30.4 Å². The predicted octanol–water partition coefficient (Wildman–Crippen LogP) is 2.54. The molecule has 19 heavy (non-hydrogen) atoms. The van der Waals surface area contributed by atoms with Gasteiger partial charge in [0.25, 0.3) is 0 Å². The van der Waals surface area contributed by atoms with Crippen molar-refractivity contribution in [1.82, 2.24) is 4.90 Å². The summed E-state index contributed by atoms with van der Waals surface area (Å²) in [5.41, 5.74) is 3.18. The first-order valence-electron chi connectivity index (χ1n) is 7.27. The van der Waals surface area contributed by atoms with Crippen LogP contribution in [0.2, 0.25) is 0 Å². The van der Waals surface area contributed by atoms with Gasteiger partial charge in [0, 0.05) is 25.7 Å². The van der Waals surface area contributed by atoms with E-state index in [9.17, 15) is 5.26 Å². The van der Waals surface area contributed by atoms with Gasteiger partial charge in [-0.25, -0.2) is 0 Å². The van der Waals surface area contributed by atoms with Crippen molar-refractivity contribution in [3.8, 4) is 6.07 Å². The van der Waals surface area contributed by atoms with Crippen LogP contribution in [0, 0.1) is 18.3 Å². The third-order valence-corrected chi connectivity index (χ3v) is 4.45. The molecule has 0 amide bonds. The van der Waals surface area contributed by atoms with Crippen LogP contribution in [-0.4, -0.2) is 37.1 Å². The second kappa shape index (κ2) is 5.22. The fourth-order valence-electron chi connectivity index (χ4n) is 3.37. The third-order valence-electron chi connectivity index (χ3n) is 4.45. The third kappa shape index (κ3) is 2.46. The number of piperidine rings is 1.